The summed E-state index contributed by atoms with van der Waals surface area (Å²) in [5.74, 6) is 1.27. The summed E-state index contributed by atoms with van der Waals surface area (Å²) in [6.45, 7) is 8.00. The molecular formula is C27H37NO5. The topological polar surface area (TPSA) is 68.2 Å². The highest BCUT2D eigenvalue weighted by molar-refractivity contribution is 5.76. The summed E-state index contributed by atoms with van der Waals surface area (Å²) in [5, 5.41) is 11.6. The van der Waals surface area contributed by atoms with Crippen LogP contribution in [0.4, 0.5) is 0 Å². The minimum Gasteiger partial charge on any atom is -0.493 e. The van der Waals surface area contributed by atoms with E-state index in [0.29, 0.717) is 12.5 Å². The van der Waals surface area contributed by atoms with E-state index < -0.39 is 6.10 Å². The van der Waals surface area contributed by atoms with Gasteiger partial charge in [-0.2, -0.15) is 0 Å². The number of fused-ring (bicyclic) bond motifs is 3. The second-order valence-corrected chi connectivity index (χ2v) is 10.8. The molecule has 1 N–H and O–H groups in total. The molecule has 6 nitrogen and oxygen atoms in total. The van der Waals surface area contributed by atoms with Crippen molar-refractivity contribution >= 4 is 5.97 Å². The van der Waals surface area contributed by atoms with Gasteiger partial charge in [-0.05, 0) is 55.4 Å². The highest BCUT2D eigenvalue weighted by Gasteiger charge is 2.60. The van der Waals surface area contributed by atoms with Crippen LogP contribution in [0.25, 0.3) is 0 Å². The molecule has 7 atom stereocenters. The lowest BCUT2D eigenvalue weighted by atomic mass is 9.55. The number of aliphatic hydroxyl groups excluding tert-OH is 1. The van der Waals surface area contributed by atoms with Gasteiger partial charge < -0.3 is 19.3 Å². The van der Waals surface area contributed by atoms with Gasteiger partial charge in [0.1, 0.15) is 6.10 Å². The molecule has 0 aromatic heterocycles. The van der Waals surface area contributed by atoms with Crippen molar-refractivity contribution in [3.63, 3.8) is 0 Å². The maximum absolute atomic E-state index is 13.1. The van der Waals surface area contributed by atoms with Gasteiger partial charge in [0.15, 0.2) is 11.5 Å². The van der Waals surface area contributed by atoms with Crippen LogP contribution in [-0.2, 0) is 22.5 Å². The minimum atomic E-state index is -0.564. The molecule has 1 saturated carbocycles. The zero-order chi connectivity index (χ0) is 23.5. The maximum atomic E-state index is 13.1. The molecule has 0 radical (unpaired) electrons. The maximum Gasteiger partial charge on any atom is 0.311 e. The van der Waals surface area contributed by atoms with E-state index >= 15 is 0 Å². The summed E-state index contributed by atoms with van der Waals surface area (Å²) in [6.07, 6.45) is 5.29. The third-order valence-electron chi connectivity index (χ3n) is 9.22. The van der Waals surface area contributed by atoms with Crippen molar-refractivity contribution in [3.05, 3.63) is 34.9 Å². The van der Waals surface area contributed by atoms with E-state index in [1.54, 1.807) is 14.2 Å². The first-order valence-electron chi connectivity index (χ1n) is 12.3. The van der Waals surface area contributed by atoms with Crippen LogP contribution in [0.3, 0.4) is 0 Å². The number of aliphatic hydroxyl groups is 1. The van der Waals surface area contributed by atoms with Crippen LogP contribution in [-0.4, -0.2) is 55.0 Å². The molecule has 1 aromatic carbocycles. The first kappa shape index (κ1) is 22.7. The van der Waals surface area contributed by atoms with E-state index in [-0.39, 0.29) is 35.4 Å². The van der Waals surface area contributed by atoms with Gasteiger partial charge in [-0.15, -0.1) is 0 Å². The van der Waals surface area contributed by atoms with Crippen molar-refractivity contribution in [2.45, 2.75) is 71.2 Å². The Morgan fingerprint density at radius 3 is 2.55 bits per heavy atom. The van der Waals surface area contributed by atoms with Crippen LogP contribution in [0.15, 0.2) is 23.8 Å². The third kappa shape index (κ3) is 3.48. The average molecular weight is 456 g/mol. The first-order chi connectivity index (χ1) is 15.8. The second-order valence-electron chi connectivity index (χ2n) is 10.8. The Labute approximate surface area is 196 Å². The molecule has 0 amide bonds. The fourth-order valence-electron chi connectivity index (χ4n) is 6.89. The number of hydrogen-bond donors (Lipinski definition) is 1. The quantitative estimate of drug-likeness (QED) is 0.551. The van der Waals surface area contributed by atoms with Crippen LogP contribution in [0.1, 0.15) is 51.2 Å². The van der Waals surface area contributed by atoms with Crippen LogP contribution >= 0.6 is 0 Å². The summed E-state index contributed by atoms with van der Waals surface area (Å²) in [6, 6.07) is 4.41. The second kappa shape index (κ2) is 8.31. The Balaban J connectivity index is 1.40. The van der Waals surface area contributed by atoms with Crippen LogP contribution in [0, 0.1) is 23.2 Å². The van der Waals surface area contributed by atoms with Crippen molar-refractivity contribution in [2.24, 2.45) is 23.2 Å². The minimum absolute atomic E-state index is 0.148. The molecule has 4 aliphatic rings. The molecular weight excluding hydrogens is 418 g/mol. The van der Waals surface area contributed by atoms with Gasteiger partial charge in [0.05, 0.1) is 26.2 Å². The van der Waals surface area contributed by atoms with Gasteiger partial charge in [0.2, 0.25) is 0 Å². The Bertz CT molecular complexity index is 974. The summed E-state index contributed by atoms with van der Waals surface area (Å²) >= 11 is 0. The normalized spacial score (nSPS) is 38.0. The van der Waals surface area contributed by atoms with Crippen LogP contribution in [0.5, 0.6) is 11.5 Å². The molecule has 6 heteroatoms. The van der Waals surface area contributed by atoms with E-state index in [0.717, 1.165) is 43.7 Å². The molecule has 2 aliphatic heterocycles. The zero-order valence-corrected chi connectivity index (χ0v) is 20.5. The van der Waals surface area contributed by atoms with Crippen LogP contribution < -0.4 is 9.47 Å². The van der Waals surface area contributed by atoms with E-state index in [2.05, 4.69) is 43.9 Å². The fraction of sp³-hybridized carbons (Fsp3) is 0.667. The average Bonchev–Trinajstić information content (AvgIpc) is 3.10. The van der Waals surface area contributed by atoms with E-state index in [1.807, 2.05) is 0 Å². The zero-order valence-electron chi connectivity index (χ0n) is 20.5. The Morgan fingerprint density at radius 1 is 1.15 bits per heavy atom. The van der Waals surface area contributed by atoms with Crippen molar-refractivity contribution in [1.29, 1.82) is 0 Å². The van der Waals surface area contributed by atoms with Gasteiger partial charge in [-0.25, -0.2) is 0 Å². The SMILES string of the molecule is COc1cc2c(cc1OC)CN(C[C@H]1C(=O)O[C@@H]3CC4=CCC[C@H](C)[C@@]4(C)[C@H](O)[C@H]31)[C@@H](C)C2. The standard InChI is InChI=1S/C27H37NO5/c1-15-7-6-8-19-12-23-24(25(29)27(15,19)3)20(26(30)33-23)14-28-13-18-11-22(32-5)21(31-4)10-17(18)9-16(28)2/h8,10-11,15-16,20,23-25,29H,6-7,9,12-14H2,1-5H3/t15-,16-,20+,23+,24-,25+,27+/m0/s1. The monoisotopic (exact) mass is 455 g/mol. The molecule has 0 spiro atoms. The molecule has 33 heavy (non-hydrogen) atoms. The fourth-order valence-corrected chi connectivity index (χ4v) is 6.89. The highest BCUT2D eigenvalue weighted by Crippen LogP contribution is 2.56. The van der Waals surface area contributed by atoms with E-state index in [4.69, 9.17) is 14.2 Å². The van der Waals surface area contributed by atoms with E-state index in [9.17, 15) is 9.90 Å². The van der Waals surface area contributed by atoms with Crippen molar-refractivity contribution in [3.8, 4) is 11.5 Å². The summed E-state index contributed by atoms with van der Waals surface area (Å²) < 4.78 is 16.9. The Hall–Kier alpha value is -2.05. The number of benzene rings is 1. The van der Waals surface area contributed by atoms with Gasteiger partial charge >= 0.3 is 5.97 Å². The number of rotatable bonds is 4. The van der Waals surface area contributed by atoms with Crippen molar-refractivity contribution in [2.75, 3.05) is 20.8 Å². The predicted molar refractivity (Wildman–Crippen MR) is 125 cm³/mol. The number of ether oxygens (including phenoxy) is 3. The molecule has 180 valence electrons. The number of esters is 1. The lowest BCUT2D eigenvalue weighted by molar-refractivity contribution is -0.145. The Morgan fingerprint density at radius 2 is 1.85 bits per heavy atom. The number of allylic oxidation sites excluding steroid dienone is 1. The van der Waals surface area contributed by atoms with Crippen molar-refractivity contribution in [1.82, 2.24) is 4.90 Å². The lowest BCUT2D eigenvalue weighted by Gasteiger charge is -2.52. The predicted octanol–water partition coefficient (Wildman–Crippen LogP) is 3.74. The summed E-state index contributed by atoms with van der Waals surface area (Å²) in [7, 11) is 3.32. The number of carbonyl (C=O) groups excluding carboxylic acids is 1. The summed E-state index contributed by atoms with van der Waals surface area (Å²) in [5.41, 5.74) is 3.48. The van der Waals surface area contributed by atoms with Crippen LogP contribution in [0.2, 0.25) is 0 Å². The summed E-state index contributed by atoms with van der Waals surface area (Å²) in [4.78, 5) is 15.4. The first-order valence-corrected chi connectivity index (χ1v) is 12.3. The van der Waals surface area contributed by atoms with E-state index in [1.165, 1.54) is 16.7 Å². The van der Waals surface area contributed by atoms with Gasteiger partial charge in [0.25, 0.3) is 0 Å². The molecule has 2 fully saturated rings. The molecule has 2 heterocycles. The smallest absolute Gasteiger partial charge is 0.311 e. The number of nitrogens with zero attached hydrogens (tertiary/aromatic N) is 1. The molecule has 5 rings (SSSR count). The van der Waals surface area contributed by atoms with Gasteiger partial charge in [-0.3, -0.25) is 9.69 Å². The molecule has 0 unspecified atom stereocenters. The highest BCUT2D eigenvalue weighted by atomic mass is 16.6. The van der Waals surface area contributed by atoms with Crippen molar-refractivity contribution < 1.29 is 24.1 Å². The lowest BCUT2D eigenvalue weighted by Crippen LogP contribution is -2.55. The number of hydrogen-bond acceptors (Lipinski definition) is 6. The largest absolute Gasteiger partial charge is 0.493 e. The third-order valence-corrected chi connectivity index (χ3v) is 9.22. The molecule has 2 aliphatic carbocycles. The van der Waals surface area contributed by atoms with Gasteiger partial charge in [0, 0.05) is 36.9 Å². The number of carbonyl (C=O) groups is 1. The van der Waals surface area contributed by atoms with Gasteiger partial charge in [-0.1, -0.05) is 25.5 Å². The Kier molecular flexibility index (Phi) is 5.73. The number of methoxy groups -OCH3 is 2. The molecule has 1 aromatic rings. The molecule has 1 saturated heterocycles. The molecule has 0 bridgehead atoms.